The fourth-order valence-electron chi connectivity index (χ4n) is 1.45. The van der Waals surface area contributed by atoms with Crippen molar-refractivity contribution in [1.82, 2.24) is 10.3 Å². The number of fused-ring (bicyclic) bond motifs is 1. The first-order valence-electron chi connectivity index (χ1n) is 4.91. The number of aromatic amines is 1. The van der Waals surface area contributed by atoms with Gasteiger partial charge in [-0.05, 0) is 31.3 Å². The van der Waals surface area contributed by atoms with Crippen molar-refractivity contribution in [3.8, 4) is 0 Å². The molecular formula is C10H13FN2O4S. The highest BCUT2D eigenvalue weighted by Gasteiger charge is 2.00. The number of hydrogen-bond acceptors (Lipinski definition) is 3. The van der Waals surface area contributed by atoms with Crippen LogP contribution in [0, 0.1) is 5.82 Å². The van der Waals surface area contributed by atoms with Crippen molar-refractivity contribution in [3.05, 3.63) is 35.8 Å². The van der Waals surface area contributed by atoms with E-state index in [9.17, 15) is 4.39 Å². The van der Waals surface area contributed by atoms with Gasteiger partial charge in [0.15, 0.2) is 0 Å². The largest absolute Gasteiger partial charge is 0.394 e. The Morgan fingerprint density at radius 2 is 1.94 bits per heavy atom. The summed E-state index contributed by atoms with van der Waals surface area (Å²) in [6.45, 7) is 0.774. The second kappa shape index (κ2) is 5.91. The molecule has 0 spiro atoms. The summed E-state index contributed by atoms with van der Waals surface area (Å²) in [5.74, 6) is -0.192. The Labute approximate surface area is 103 Å². The first kappa shape index (κ1) is 14.6. The Bertz CT molecular complexity index is 616. The normalized spacial score (nSPS) is 11.1. The average Bonchev–Trinajstić information content (AvgIpc) is 2.57. The minimum atomic E-state index is -4.67. The minimum absolute atomic E-state index is 0.192. The van der Waals surface area contributed by atoms with Gasteiger partial charge in [0.1, 0.15) is 5.82 Å². The Morgan fingerprint density at radius 1 is 1.33 bits per heavy atom. The molecule has 0 aliphatic carbocycles. The van der Waals surface area contributed by atoms with Crippen molar-refractivity contribution >= 4 is 21.3 Å². The van der Waals surface area contributed by atoms with E-state index in [2.05, 4.69) is 10.3 Å². The molecule has 6 nitrogen and oxygen atoms in total. The van der Waals surface area contributed by atoms with E-state index in [1.165, 1.54) is 12.1 Å². The first-order valence-corrected chi connectivity index (χ1v) is 6.31. The summed E-state index contributed by atoms with van der Waals surface area (Å²) < 4.78 is 44.4. The summed E-state index contributed by atoms with van der Waals surface area (Å²) >= 11 is 0. The highest BCUT2D eigenvalue weighted by Crippen LogP contribution is 2.16. The molecule has 0 aliphatic rings. The van der Waals surface area contributed by atoms with Crippen LogP contribution in [-0.4, -0.2) is 29.6 Å². The van der Waals surface area contributed by atoms with Crippen molar-refractivity contribution < 1.29 is 21.9 Å². The monoisotopic (exact) mass is 276 g/mol. The Hall–Kier alpha value is -1.48. The van der Waals surface area contributed by atoms with E-state index in [-0.39, 0.29) is 5.82 Å². The van der Waals surface area contributed by atoms with Gasteiger partial charge in [-0.1, -0.05) is 0 Å². The van der Waals surface area contributed by atoms with Crippen molar-refractivity contribution in [2.24, 2.45) is 0 Å². The number of aromatic nitrogens is 1. The molecule has 0 radical (unpaired) electrons. The highest BCUT2D eigenvalue weighted by atomic mass is 32.3. The van der Waals surface area contributed by atoms with Crippen molar-refractivity contribution in [2.45, 2.75) is 6.54 Å². The summed E-state index contributed by atoms with van der Waals surface area (Å²) in [6, 6.07) is 6.70. The van der Waals surface area contributed by atoms with Gasteiger partial charge in [0.25, 0.3) is 0 Å². The predicted molar refractivity (Wildman–Crippen MR) is 65.2 cm³/mol. The molecule has 1 aromatic heterocycles. The summed E-state index contributed by atoms with van der Waals surface area (Å²) in [4.78, 5) is 3.19. The lowest BCUT2D eigenvalue weighted by molar-refractivity contribution is 0.381. The molecule has 18 heavy (non-hydrogen) atoms. The fraction of sp³-hybridized carbons (Fsp3) is 0.200. The van der Waals surface area contributed by atoms with E-state index in [1.807, 2.05) is 13.1 Å². The SMILES string of the molecule is CNCc1cc2cc(F)ccc2[nH]1.O=S(=O)(O)O. The van der Waals surface area contributed by atoms with Gasteiger partial charge in [-0.15, -0.1) is 0 Å². The van der Waals surface area contributed by atoms with Crippen LogP contribution >= 0.6 is 0 Å². The highest BCUT2D eigenvalue weighted by molar-refractivity contribution is 7.79. The van der Waals surface area contributed by atoms with Gasteiger partial charge in [-0.25, -0.2) is 4.39 Å². The first-order chi connectivity index (χ1) is 8.29. The molecule has 0 aliphatic heterocycles. The number of benzene rings is 1. The van der Waals surface area contributed by atoms with E-state index in [0.717, 1.165) is 23.1 Å². The lowest BCUT2D eigenvalue weighted by Gasteiger charge is -1.91. The lowest BCUT2D eigenvalue weighted by Crippen LogP contribution is -2.04. The maximum Gasteiger partial charge on any atom is 0.394 e. The van der Waals surface area contributed by atoms with Crippen LogP contribution in [0.25, 0.3) is 10.9 Å². The second-order valence-electron chi connectivity index (χ2n) is 3.50. The minimum Gasteiger partial charge on any atom is -0.357 e. The van der Waals surface area contributed by atoms with Gasteiger partial charge in [0.05, 0.1) is 0 Å². The Balaban J connectivity index is 0.000000280. The van der Waals surface area contributed by atoms with Crippen molar-refractivity contribution in [3.63, 3.8) is 0 Å². The van der Waals surface area contributed by atoms with Crippen LogP contribution in [0.3, 0.4) is 0 Å². The molecule has 0 atom stereocenters. The summed E-state index contributed by atoms with van der Waals surface area (Å²) in [5.41, 5.74) is 2.05. The summed E-state index contributed by atoms with van der Waals surface area (Å²) in [5, 5.41) is 3.96. The van der Waals surface area contributed by atoms with E-state index in [0.29, 0.717) is 0 Å². The zero-order valence-corrected chi connectivity index (χ0v) is 10.3. The molecule has 1 aromatic carbocycles. The Kier molecular flexibility index (Phi) is 4.79. The van der Waals surface area contributed by atoms with Crippen LogP contribution in [0.4, 0.5) is 4.39 Å². The van der Waals surface area contributed by atoms with Gasteiger partial charge in [0, 0.05) is 23.1 Å². The van der Waals surface area contributed by atoms with Gasteiger partial charge in [0.2, 0.25) is 0 Å². The number of nitrogens with one attached hydrogen (secondary N) is 2. The summed E-state index contributed by atoms with van der Waals surface area (Å²) in [6.07, 6.45) is 0. The van der Waals surface area contributed by atoms with Crippen LogP contribution < -0.4 is 5.32 Å². The maximum atomic E-state index is 12.8. The van der Waals surface area contributed by atoms with Crippen LogP contribution in [0.5, 0.6) is 0 Å². The number of halogens is 1. The molecule has 0 saturated carbocycles. The van der Waals surface area contributed by atoms with Crippen molar-refractivity contribution in [2.75, 3.05) is 7.05 Å². The molecule has 4 N–H and O–H groups in total. The molecule has 100 valence electrons. The van der Waals surface area contributed by atoms with Crippen LogP contribution in [0.15, 0.2) is 24.3 Å². The number of hydrogen-bond donors (Lipinski definition) is 4. The summed E-state index contributed by atoms with van der Waals surface area (Å²) in [7, 11) is -2.79. The molecule has 0 saturated heterocycles. The quantitative estimate of drug-likeness (QED) is 0.620. The molecule has 1 heterocycles. The fourth-order valence-corrected chi connectivity index (χ4v) is 1.45. The molecule has 0 amide bonds. The third-order valence-electron chi connectivity index (χ3n) is 2.01. The maximum absolute atomic E-state index is 12.8. The van der Waals surface area contributed by atoms with Gasteiger partial charge in [-0.3, -0.25) is 9.11 Å². The van der Waals surface area contributed by atoms with Crippen molar-refractivity contribution in [1.29, 1.82) is 0 Å². The second-order valence-corrected chi connectivity index (χ2v) is 4.40. The lowest BCUT2D eigenvalue weighted by atomic mass is 10.2. The zero-order valence-electron chi connectivity index (χ0n) is 9.51. The van der Waals surface area contributed by atoms with E-state index in [1.54, 1.807) is 6.07 Å². The third kappa shape index (κ3) is 5.23. The van der Waals surface area contributed by atoms with E-state index in [4.69, 9.17) is 17.5 Å². The Morgan fingerprint density at radius 3 is 2.50 bits per heavy atom. The predicted octanol–water partition coefficient (Wildman–Crippen LogP) is 1.37. The molecule has 0 bridgehead atoms. The number of H-pyrrole nitrogens is 1. The molecule has 0 unspecified atom stereocenters. The molecular weight excluding hydrogens is 263 g/mol. The van der Waals surface area contributed by atoms with Crippen LogP contribution in [0.2, 0.25) is 0 Å². The van der Waals surface area contributed by atoms with E-state index < -0.39 is 10.4 Å². The van der Waals surface area contributed by atoms with E-state index >= 15 is 0 Å². The van der Waals surface area contributed by atoms with Crippen LogP contribution in [-0.2, 0) is 16.9 Å². The zero-order chi connectivity index (χ0) is 13.8. The average molecular weight is 276 g/mol. The molecule has 0 fully saturated rings. The topological polar surface area (TPSA) is 102 Å². The van der Waals surface area contributed by atoms with Crippen LogP contribution in [0.1, 0.15) is 5.69 Å². The standard InChI is InChI=1S/C10H11FN2.H2O4S/c1-12-6-9-5-7-4-8(11)2-3-10(7)13-9;1-5(2,3)4/h2-5,12-13H,6H2,1H3;(H2,1,2,3,4). The molecule has 2 rings (SSSR count). The van der Waals surface area contributed by atoms with Gasteiger partial charge < -0.3 is 10.3 Å². The third-order valence-corrected chi connectivity index (χ3v) is 2.01. The molecule has 8 heteroatoms. The smallest absolute Gasteiger partial charge is 0.357 e. The van der Waals surface area contributed by atoms with Gasteiger partial charge >= 0.3 is 10.4 Å². The number of rotatable bonds is 2. The van der Waals surface area contributed by atoms with Gasteiger partial charge in [-0.2, -0.15) is 8.42 Å². The molecule has 2 aromatic rings.